The minimum atomic E-state index is -2.59. The van der Waals surface area contributed by atoms with Gasteiger partial charge in [-0.25, -0.2) is 0 Å². The minimum Gasteiger partial charge on any atom is -0.407 e. The van der Waals surface area contributed by atoms with Crippen molar-refractivity contribution >= 4 is 18.7 Å². The first kappa shape index (κ1) is 26.3. The zero-order valence-corrected chi connectivity index (χ0v) is 23.3. The van der Waals surface area contributed by atoms with Gasteiger partial charge in [-0.15, -0.1) is 6.58 Å². The Morgan fingerprint density at radius 1 is 1.00 bits per heavy atom. The molecule has 0 N–H and O–H groups in total. The first-order valence-corrected chi connectivity index (χ1v) is 14.8. The lowest BCUT2D eigenvalue weighted by Crippen LogP contribution is -2.67. The van der Waals surface area contributed by atoms with E-state index in [1.54, 1.807) is 0 Å². The fraction of sp³-hybridized carbons (Fsp3) is 0.533. The molecule has 4 rings (SSSR count). The second-order valence-corrected chi connectivity index (χ2v) is 16.0. The van der Waals surface area contributed by atoms with Gasteiger partial charge in [0.2, 0.25) is 0 Å². The molecule has 0 spiro atoms. The second kappa shape index (κ2) is 9.95. The molecule has 0 amide bonds. The summed E-state index contributed by atoms with van der Waals surface area (Å²) in [5, 5.41) is 2.53. The Hall–Kier alpha value is -1.76. The molecule has 0 saturated carbocycles. The van der Waals surface area contributed by atoms with Gasteiger partial charge in [0.25, 0.3) is 8.32 Å². The van der Waals surface area contributed by atoms with Gasteiger partial charge >= 0.3 is 0 Å². The van der Waals surface area contributed by atoms with Crippen molar-refractivity contribution in [2.75, 3.05) is 13.2 Å². The summed E-state index contributed by atoms with van der Waals surface area (Å²) >= 11 is 0. The van der Waals surface area contributed by atoms with Crippen molar-refractivity contribution in [1.82, 2.24) is 0 Å². The van der Waals surface area contributed by atoms with E-state index in [0.717, 1.165) is 12.8 Å². The van der Waals surface area contributed by atoms with E-state index < -0.39 is 14.1 Å². The molecule has 0 radical (unpaired) electrons. The SMILES string of the molecule is C=C[C@H]1C[C@@H]2OC(C)(C)OC[C@]2(C)[C@@H](CCO[Si](c2ccccc2)(c2ccccc2)C(C)(C)C)O1. The van der Waals surface area contributed by atoms with Gasteiger partial charge in [0.1, 0.15) is 0 Å². The molecule has 2 saturated heterocycles. The third kappa shape index (κ3) is 5.07. The summed E-state index contributed by atoms with van der Waals surface area (Å²) < 4.78 is 26.2. The van der Waals surface area contributed by atoms with Gasteiger partial charge in [0.15, 0.2) is 5.79 Å². The van der Waals surface area contributed by atoms with Crippen LogP contribution in [-0.4, -0.2) is 45.6 Å². The van der Waals surface area contributed by atoms with Crippen molar-refractivity contribution in [3.63, 3.8) is 0 Å². The van der Waals surface area contributed by atoms with Gasteiger partial charge in [-0.3, -0.25) is 0 Å². The summed E-state index contributed by atoms with van der Waals surface area (Å²) in [4.78, 5) is 0. The van der Waals surface area contributed by atoms with E-state index in [-0.39, 0.29) is 28.8 Å². The van der Waals surface area contributed by atoms with E-state index in [2.05, 4.69) is 94.9 Å². The van der Waals surface area contributed by atoms with Crippen molar-refractivity contribution in [3.05, 3.63) is 73.3 Å². The highest BCUT2D eigenvalue weighted by molar-refractivity contribution is 6.99. The van der Waals surface area contributed by atoms with Crippen LogP contribution in [0.1, 0.15) is 54.4 Å². The molecule has 2 heterocycles. The molecule has 0 aromatic heterocycles. The number of rotatable bonds is 7. The zero-order valence-electron chi connectivity index (χ0n) is 22.3. The monoisotopic (exact) mass is 494 g/mol. The number of hydrogen-bond donors (Lipinski definition) is 0. The van der Waals surface area contributed by atoms with E-state index >= 15 is 0 Å². The average Bonchev–Trinajstić information content (AvgIpc) is 2.82. The van der Waals surface area contributed by atoms with Crippen LogP contribution >= 0.6 is 0 Å². The largest absolute Gasteiger partial charge is 0.407 e. The fourth-order valence-corrected chi connectivity index (χ4v) is 10.4. The first-order chi connectivity index (χ1) is 16.5. The number of ether oxygens (including phenoxy) is 3. The maximum Gasteiger partial charge on any atom is 0.261 e. The van der Waals surface area contributed by atoms with Gasteiger partial charge in [0, 0.05) is 18.4 Å². The molecule has 0 unspecified atom stereocenters. The van der Waals surface area contributed by atoms with Crippen molar-refractivity contribution in [2.24, 2.45) is 5.41 Å². The maximum atomic E-state index is 7.16. The predicted molar refractivity (Wildman–Crippen MR) is 145 cm³/mol. The number of hydrogen-bond acceptors (Lipinski definition) is 4. The first-order valence-electron chi connectivity index (χ1n) is 12.9. The second-order valence-electron chi connectivity index (χ2n) is 11.7. The third-order valence-corrected chi connectivity index (χ3v) is 12.8. The topological polar surface area (TPSA) is 36.9 Å². The van der Waals surface area contributed by atoms with E-state index in [4.69, 9.17) is 18.6 Å². The van der Waals surface area contributed by atoms with Crippen LogP contribution in [0.3, 0.4) is 0 Å². The van der Waals surface area contributed by atoms with Crippen molar-refractivity contribution in [3.8, 4) is 0 Å². The molecule has 0 bridgehead atoms. The molecule has 0 aliphatic carbocycles. The Morgan fingerprint density at radius 2 is 1.57 bits per heavy atom. The summed E-state index contributed by atoms with van der Waals surface area (Å²) in [6.45, 7) is 18.4. The standard InChI is InChI=1S/C30H42O4Si/c1-8-23-21-27-30(7,22-31-29(5,6)34-27)26(33-23)19-20-32-35(28(2,3)4,24-15-11-9-12-16-24)25-17-13-10-14-18-25/h8-18,23,26-27H,1,19-22H2,2-7H3/t23-,26+,27-,30+/m0/s1. The number of fused-ring (bicyclic) bond motifs is 1. The van der Waals surface area contributed by atoms with Crippen LogP contribution in [-0.2, 0) is 18.6 Å². The van der Waals surface area contributed by atoms with Crippen LogP contribution in [0.2, 0.25) is 5.04 Å². The quantitative estimate of drug-likeness (QED) is 0.379. The zero-order chi connectivity index (χ0) is 25.3. The van der Waals surface area contributed by atoms with Crippen LogP contribution < -0.4 is 10.4 Å². The lowest BCUT2D eigenvalue weighted by molar-refractivity contribution is -0.351. The molecule has 2 aliphatic heterocycles. The molecular formula is C30H42O4Si. The molecule has 2 aliphatic rings. The molecule has 5 heteroatoms. The summed E-state index contributed by atoms with van der Waals surface area (Å²) in [5.74, 6) is -0.580. The highest BCUT2D eigenvalue weighted by atomic mass is 28.4. The van der Waals surface area contributed by atoms with Crippen LogP contribution in [0, 0.1) is 5.41 Å². The molecule has 4 nitrogen and oxygen atoms in total. The van der Waals surface area contributed by atoms with Gasteiger partial charge in [-0.2, -0.15) is 0 Å². The van der Waals surface area contributed by atoms with Gasteiger partial charge in [-0.1, -0.05) is 94.4 Å². The van der Waals surface area contributed by atoms with Gasteiger partial charge in [-0.05, 0) is 35.7 Å². The van der Waals surface area contributed by atoms with Crippen LogP contribution in [0.15, 0.2) is 73.3 Å². The molecule has 35 heavy (non-hydrogen) atoms. The molecule has 2 fully saturated rings. The normalized spacial score (nSPS) is 28.8. The molecule has 2 aromatic carbocycles. The van der Waals surface area contributed by atoms with Crippen molar-refractivity contribution < 1.29 is 18.6 Å². The van der Waals surface area contributed by atoms with Crippen LogP contribution in [0.5, 0.6) is 0 Å². The fourth-order valence-electron chi connectivity index (χ4n) is 5.81. The van der Waals surface area contributed by atoms with E-state index in [1.165, 1.54) is 10.4 Å². The highest BCUT2D eigenvalue weighted by Crippen LogP contribution is 2.46. The van der Waals surface area contributed by atoms with Gasteiger partial charge < -0.3 is 18.6 Å². The maximum absolute atomic E-state index is 7.16. The average molecular weight is 495 g/mol. The minimum absolute atomic E-state index is 0.0279. The van der Waals surface area contributed by atoms with Crippen molar-refractivity contribution in [1.29, 1.82) is 0 Å². The van der Waals surface area contributed by atoms with E-state index in [0.29, 0.717) is 13.2 Å². The number of benzene rings is 2. The predicted octanol–water partition coefficient (Wildman–Crippen LogP) is 5.45. The van der Waals surface area contributed by atoms with Crippen molar-refractivity contribution in [2.45, 2.75) is 83.5 Å². The van der Waals surface area contributed by atoms with Crippen LogP contribution in [0.4, 0.5) is 0 Å². The summed E-state index contributed by atoms with van der Waals surface area (Å²) in [5.41, 5.74) is -0.232. The molecule has 4 atom stereocenters. The summed E-state index contributed by atoms with van der Waals surface area (Å²) in [6.07, 6.45) is 3.47. The van der Waals surface area contributed by atoms with Crippen LogP contribution in [0.25, 0.3) is 0 Å². The Morgan fingerprint density at radius 3 is 2.09 bits per heavy atom. The Balaban J connectivity index is 1.63. The van der Waals surface area contributed by atoms with Gasteiger partial charge in [0.05, 0.1) is 24.9 Å². The lowest BCUT2D eigenvalue weighted by Gasteiger charge is -2.55. The third-order valence-electron chi connectivity index (χ3n) is 7.79. The summed E-state index contributed by atoms with van der Waals surface area (Å²) in [6, 6.07) is 21.6. The molecule has 190 valence electrons. The molecular weight excluding hydrogens is 452 g/mol. The lowest BCUT2D eigenvalue weighted by atomic mass is 9.73. The Bertz CT molecular complexity index is 945. The highest BCUT2D eigenvalue weighted by Gasteiger charge is 2.54. The Kier molecular flexibility index (Phi) is 7.47. The summed E-state index contributed by atoms with van der Waals surface area (Å²) in [7, 11) is -2.59. The van der Waals surface area contributed by atoms with E-state index in [9.17, 15) is 0 Å². The van der Waals surface area contributed by atoms with E-state index in [1.807, 2.05) is 19.9 Å². The smallest absolute Gasteiger partial charge is 0.261 e. The molecule has 2 aromatic rings. The Labute approximate surface area is 212 Å².